The third-order valence-corrected chi connectivity index (χ3v) is 2.05. The van der Waals surface area contributed by atoms with Crippen molar-refractivity contribution in [2.45, 2.75) is 0 Å². The third-order valence-electron chi connectivity index (χ3n) is 2.05. The van der Waals surface area contributed by atoms with E-state index in [1.54, 1.807) is 31.4 Å². The first-order valence-corrected chi connectivity index (χ1v) is 5.02. The molecule has 2 N–H and O–H groups in total. The molecule has 0 radical (unpaired) electrons. The van der Waals surface area contributed by atoms with Crippen LogP contribution in [0.1, 0.15) is 10.5 Å². The summed E-state index contributed by atoms with van der Waals surface area (Å²) in [6.45, 7) is 0. The Bertz CT molecular complexity index is 497. The zero-order chi connectivity index (χ0) is 12.1. The summed E-state index contributed by atoms with van der Waals surface area (Å²) in [5.41, 5.74) is 0.245. The van der Waals surface area contributed by atoms with Crippen LogP contribution in [0.2, 0.25) is 0 Å². The molecule has 0 fully saturated rings. The fourth-order valence-corrected chi connectivity index (χ4v) is 1.19. The second kappa shape index (κ2) is 5.02. The van der Waals surface area contributed by atoms with Crippen LogP contribution in [0.25, 0.3) is 0 Å². The molecule has 2 aromatic rings. The molecule has 0 aromatic carbocycles. The second-order valence-electron chi connectivity index (χ2n) is 3.21. The van der Waals surface area contributed by atoms with Crippen molar-refractivity contribution in [1.82, 2.24) is 15.0 Å². The zero-order valence-corrected chi connectivity index (χ0v) is 9.21. The van der Waals surface area contributed by atoms with Crippen molar-refractivity contribution < 1.29 is 4.79 Å². The van der Waals surface area contributed by atoms with Gasteiger partial charge in [0.1, 0.15) is 17.3 Å². The smallest absolute Gasteiger partial charge is 0.277 e. The number of aromatic nitrogens is 3. The lowest BCUT2D eigenvalue weighted by molar-refractivity contribution is 0.102. The van der Waals surface area contributed by atoms with Crippen LogP contribution in [0.15, 0.2) is 36.8 Å². The van der Waals surface area contributed by atoms with Gasteiger partial charge < -0.3 is 10.6 Å². The normalized spacial score (nSPS) is 9.71. The minimum absolute atomic E-state index is 0.245. The number of amides is 1. The molecule has 0 aliphatic rings. The first-order valence-electron chi connectivity index (χ1n) is 5.02. The maximum atomic E-state index is 11.7. The Morgan fingerprint density at radius 3 is 2.59 bits per heavy atom. The molecule has 0 atom stereocenters. The Morgan fingerprint density at radius 1 is 1.12 bits per heavy atom. The molecule has 0 bridgehead atoms. The summed E-state index contributed by atoms with van der Waals surface area (Å²) in [7, 11) is 1.73. The molecule has 2 rings (SSSR count). The van der Waals surface area contributed by atoms with Crippen LogP contribution in [-0.2, 0) is 0 Å². The van der Waals surface area contributed by atoms with Crippen molar-refractivity contribution in [1.29, 1.82) is 0 Å². The molecule has 86 valence electrons. The van der Waals surface area contributed by atoms with E-state index in [0.717, 1.165) is 0 Å². The molecule has 6 heteroatoms. The molecule has 1 amide bonds. The van der Waals surface area contributed by atoms with Gasteiger partial charge in [0, 0.05) is 13.2 Å². The monoisotopic (exact) mass is 229 g/mol. The largest absolute Gasteiger partial charge is 0.372 e. The predicted octanol–water partition coefficient (Wildman–Crippen LogP) is 1.17. The molecule has 0 saturated heterocycles. The van der Waals surface area contributed by atoms with E-state index < -0.39 is 0 Å². The van der Waals surface area contributed by atoms with Crippen LogP contribution < -0.4 is 10.6 Å². The average molecular weight is 229 g/mol. The highest BCUT2D eigenvalue weighted by molar-refractivity contribution is 6.02. The lowest BCUT2D eigenvalue weighted by atomic mass is 10.4. The fourth-order valence-electron chi connectivity index (χ4n) is 1.19. The van der Waals surface area contributed by atoms with Crippen LogP contribution in [0, 0.1) is 0 Å². The quantitative estimate of drug-likeness (QED) is 0.825. The van der Waals surface area contributed by atoms with Crippen LogP contribution >= 0.6 is 0 Å². The molecular weight excluding hydrogens is 218 g/mol. The summed E-state index contributed by atoms with van der Waals surface area (Å²) in [4.78, 5) is 23.7. The average Bonchev–Trinajstić information content (AvgIpc) is 2.40. The van der Waals surface area contributed by atoms with Gasteiger partial charge in [0.25, 0.3) is 5.91 Å². The molecular formula is C11H11N5O. The molecule has 0 aliphatic heterocycles. The minimum atomic E-state index is -0.334. The van der Waals surface area contributed by atoms with Gasteiger partial charge in [-0.25, -0.2) is 15.0 Å². The van der Waals surface area contributed by atoms with Crippen LogP contribution in [0.3, 0.4) is 0 Å². The van der Waals surface area contributed by atoms with E-state index in [1.807, 2.05) is 0 Å². The Kier molecular flexibility index (Phi) is 3.25. The first-order chi connectivity index (χ1) is 8.29. The maximum absolute atomic E-state index is 11.7. The zero-order valence-electron chi connectivity index (χ0n) is 9.21. The van der Waals surface area contributed by atoms with Crippen molar-refractivity contribution in [3.05, 3.63) is 42.5 Å². The Hall–Kier alpha value is -2.50. The lowest BCUT2D eigenvalue weighted by Gasteiger charge is -2.03. The first kappa shape index (κ1) is 11.0. The van der Waals surface area contributed by atoms with Gasteiger partial charge in [-0.1, -0.05) is 6.07 Å². The third kappa shape index (κ3) is 2.75. The van der Waals surface area contributed by atoms with E-state index >= 15 is 0 Å². The molecule has 17 heavy (non-hydrogen) atoms. The number of nitrogens with zero attached hydrogens (tertiary/aromatic N) is 3. The maximum Gasteiger partial charge on any atom is 0.277 e. The molecule has 0 aliphatic carbocycles. The summed E-state index contributed by atoms with van der Waals surface area (Å²) < 4.78 is 0. The highest BCUT2D eigenvalue weighted by Gasteiger charge is 2.08. The number of hydrogen-bond acceptors (Lipinski definition) is 5. The number of anilines is 2. The van der Waals surface area contributed by atoms with Crippen molar-refractivity contribution in [2.24, 2.45) is 0 Å². The van der Waals surface area contributed by atoms with Crippen molar-refractivity contribution in [2.75, 3.05) is 17.7 Å². The lowest BCUT2D eigenvalue weighted by Crippen LogP contribution is -2.15. The van der Waals surface area contributed by atoms with Gasteiger partial charge in [-0.2, -0.15) is 0 Å². The van der Waals surface area contributed by atoms with Gasteiger partial charge in [-0.3, -0.25) is 4.79 Å². The van der Waals surface area contributed by atoms with Gasteiger partial charge in [0.15, 0.2) is 0 Å². The molecule has 2 heterocycles. The summed E-state index contributed by atoms with van der Waals surface area (Å²) in [5.74, 6) is 0.759. The summed E-state index contributed by atoms with van der Waals surface area (Å²) in [6, 6.07) is 5.27. The van der Waals surface area contributed by atoms with Crippen LogP contribution in [0.5, 0.6) is 0 Å². The van der Waals surface area contributed by atoms with Crippen molar-refractivity contribution in [3.8, 4) is 0 Å². The SMILES string of the molecule is CNc1cnc(C(=O)Nc2ccccn2)cn1. The number of carbonyl (C=O) groups is 1. The topological polar surface area (TPSA) is 79.8 Å². The summed E-state index contributed by atoms with van der Waals surface area (Å²) in [6.07, 6.45) is 4.50. The van der Waals surface area contributed by atoms with Gasteiger partial charge in [0.05, 0.1) is 12.4 Å². The van der Waals surface area contributed by atoms with Gasteiger partial charge in [-0.05, 0) is 12.1 Å². The van der Waals surface area contributed by atoms with E-state index in [-0.39, 0.29) is 11.6 Å². The number of pyridine rings is 1. The van der Waals surface area contributed by atoms with Gasteiger partial charge >= 0.3 is 0 Å². The van der Waals surface area contributed by atoms with Gasteiger partial charge in [-0.15, -0.1) is 0 Å². The number of carbonyl (C=O) groups excluding carboxylic acids is 1. The van der Waals surface area contributed by atoms with E-state index in [0.29, 0.717) is 11.6 Å². The summed E-state index contributed by atoms with van der Waals surface area (Å²) in [5, 5.41) is 5.45. The fraction of sp³-hybridized carbons (Fsp3) is 0.0909. The van der Waals surface area contributed by atoms with Crippen LogP contribution in [-0.4, -0.2) is 27.9 Å². The Balaban J connectivity index is 2.09. The van der Waals surface area contributed by atoms with E-state index in [9.17, 15) is 4.79 Å². The van der Waals surface area contributed by atoms with E-state index in [1.165, 1.54) is 12.4 Å². The number of nitrogens with one attached hydrogen (secondary N) is 2. The second-order valence-corrected chi connectivity index (χ2v) is 3.21. The Labute approximate surface area is 98.1 Å². The number of hydrogen-bond donors (Lipinski definition) is 2. The van der Waals surface area contributed by atoms with Crippen LogP contribution in [0.4, 0.5) is 11.6 Å². The predicted molar refractivity (Wildman–Crippen MR) is 63.8 cm³/mol. The van der Waals surface area contributed by atoms with E-state index in [4.69, 9.17) is 0 Å². The molecule has 6 nitrogen and oxygen atoms in total. The summed E-state index contributed by atoms with van der Waals surface area (Å²) >= 11 is 0. The van der Waals surface area contributed by atoms with Crippen molar-refractivity contribution >= 4 is 17.5 Å². The highest BCUT2D eigenvalue weighted by Crippen LogP contribution is 2.04. The van der Waals surface area contributed by atoms with Crippen molar-refractivity contribution in [3.63, 3.8) is 0 Å². The van der Waals surface area contributed by atoms with E-state index in [2.05, 4.69) is 25.6 Å². The number of rotatable bonds is 3. The van der Waals surface area contributed by atoms with Gasteiger partial charge in [0.2, 0.25) is 0 Å². The molecule has 0 unspecified atom stereocenters. The molecule has 0 saturated carbocycles. The minimum Gasteiger partial charge on any atom is -0.372 e. The highest BCUT2D eigenvalue weighted by atomic mass is 16.1. The molecule has 0 spiro atoms. The Morgan fingerprint density at radius 2 is 2.00 bits per heavy atom. The standard InChI is InChI=1S/C11H11N5O/c1-12-10-7-14-8(6-15-10)11(17)16-9-4-2-3-5-13-9/h2-7H,1H3,(H,12,15)(H,13,16,17). The molecule has 2 aromatic heterocycles.